The molecule has 0 spiro atoms. The van der Waals surface area contributed by atoms with E-state index < -0.39 is 0 Å². The number of halogens is 1. The van der Waals surface area contributed by atoms with Crippen LogP contribution in [0.5, 0.6) is 0 Å². The Labute approximate surface area is 41.9 Å². The zero-order chi connectivity index (χ0) is 4.41. The Morgan fingerprint density at radius 3 is 2.83 bits per heavy atom. The minimum atomic E-state index is 0.102. The maximum Gasteiger partial charge on any atom is 0.0979 e. The van der Waals surface area contributed by atoms with Gasteiger partial charge in [-0.1, -0.05) is 0 Å². The average Bonchev–Trinajstić information content (AvgIpc) is 1.86. The molecular formula is C3H6ClN2. The molecule has 0 saturated carbocycles. The lowest BCUT2D eigenvalue weighted by atomic mass is 10.7. The Kier molecular flexibility index (Phi) is 1.29. The van der Waals surface area contributed by atoms with Crippen LogP contribution in [0.4, 0.5) is 0 Å². The zero-order valence-electron chi connectivity index (χ0n) is 3.32. The van der Waals surface area contributed by atoms with Crippen molar-refractivity contribution >= 4 is 11.6 Å². The second-order valence-electron chi connectivity index (χ2n) is 1.24. The van der Waals surface area contributed by atoms with Crippen molar-refractivity contribution in [2.75, 3.05) is 13.2 Å². The summed E-state index contributed by atoms with van der Waals surface area (Å²) in [4.78, 5) is 0. The fraction of sp³-hybridized carbons (Fsp3) is 1.00. The minimum Gasteiger partial charge on any atom is -0.286 e. The largest absolute Gasteiger partial charge is 0.286 e. The molecule has 0 aromatic rings. The highest BCUT2D eigenvalue weighted by atomic mass is 35.5. The van der Waals surface area contributed by atoms with Gasteiger partial charge in [0.05, 0.1) is 12.2 Å². The Hall–Kier alpha value is 0.210. The summed E-state index contributed by atoms with van der Waals surface area (Å²) in [6, 6.07) is 0. The molecule has 1 aliphatic heterocycles. The molecule has 0 aliphatic carbocycles. The summed E-state index contributed by atoms with van der Waals surface area (Å²) in [5, 5.41) is 6.84. The smallest absolute Gasteiger partial charge is 0.0979 e. The first-order chi connectivity index (χ1) is 2.89. The van der Waals surface area contributed by atoms with Gasteiger partial charge in [0.2, 0.25) is 0 Å². The number of hydrogen-bond acceptors (Lipinski definition) is 1. The monoisotopic (exact) mass is 105 g/mol. The van der Waals surface area contributed by atoms with E-state index in [1.54, 1.807) is 0 Å². The number of nitrogens with one attached hydrogen (secondary N) is 1. The van der Waals surface area contributed by atoms with Crippen molar-refractivity contribution < 1.29 is 0 Å². The highest BCUT2D eigenvalue weighted by molar-refractivity contribution is 6.20. The first-order valence-electron chi connectivity index (χ1n) is 1.90. The van der Waals surface area contributed by atoms with Gasteiger partial charge in [-0.3, -0.25) is 5.32 Å². The van der Waals surface area contributed by atoms with E-state index in [-0.39, 0.29) is 5.50 Å². The van der Waals surface area contributed by atoms with E-state index in [2.05, 4.69) is 10.6 Å². The second kappa shape index (κ2) is 1.78. The summed E-state index contributed by atoms with van der Waals surface area (Å²) in [7, 11) is 0. The van der Waals surface area contributed by atoms with Crippen LogP contribution in [-0.4, -0.2) is 18.7 Å². The van der Waals surface area contributed by atoms with Gasteiger partial charge in [-0.25, -0.2) is 5.32 Å². The molecule has 1 aliphatic rings. The molecule has 1 fully saturated rings. The first kappa shape index (κ1) is 4.37. The van der Waals surface area contributed by atoms with Gasteiger partial charge in [0.15, 0.2) is 0 Å². The predicted molar refractivity (Wildman–Crippen MR) is 24.6 cm³/mol. The summed E-state index contributed by atoms with van der Waals surface area (Å²) in [6.07, 6.45) is 0. The first-order valence-corrected chi connectivity index (χ1v) is 2.34. The lowest BCUT2D eigenvalue weighted by Crippen LogP contribution is -2.15. The molecule has 1 radical (unpaired) electrons. The third-order valence-corrected chi connectivity index (χ3v) is 1.01. The fourth-order valence-corrected chi connectivity index (χ4v) is 0.573. The van der Waals surface area contributed by atoms with E-state index in [1.807, 2.05) is 0 Å². The molecule has 6 heavy (non-hydrogen) atoms. The third-order valence-electron chi connectivity index (χ3n) is 0.714. The molecule has 0 aromatic carbocycles. The lowest BCUT2D eigenvalue weighted by molar-refractivity contribution is 0.784. The van der Waals surface area contributed by atoms with Crippen molar-refractivity contribution in [3.63, 3.8) is 0 Å². The minimum absolute atomic E-state index is 0.102. The summed E-state index contributed by atoms with van der Waals surface area (Å²) in [5.74, 6) is 0. The third kappa shape index (κ3) is 0.834. The van der Waals surface area contributed by atoms with E-state index in [0.29, 0.717) is 0 Å². The Bertz CT molecular complexity index is 42.1. The van der Waals surface area contributed by atoms with Crippen molar-refractivity contribution in [2.45, 2.75) is 5.50 Å². The quantitative estimate of drug-likeness (QED) is 0.333. The van der Waals surface area contributed by atoms with Gasteiger partial charge in [0, 0.05) is 6.54 Å². The van der Waals surface area contributed by atoms with Crippen LogP contribution in [0.25, 0.3) is 0 Å². The highest BCUT2D eigenvalue weighted by Crippen LogP contribution is 1.91. The Balaban J connectivity index is 2.18. The summed E-state index contributed by atoms with van der Waals surface area (Å²) in [6.45, 7) is 1.50. The molecule has 2 nitrogen and oxygen atoms in total. The van der Waals surface area contributed by atoms with Gasteiger partial charge in [-0.05, 0) is 0 Å². The van der Waals surface area contributed by atoms with Gasteiger partial charge in [0.1, 0.15) is 0 Å². The number of hydrogen-bond donors (Lipinski definition) is 1. The molecule has 1 heterocycles. The predicted octanol–water partition coefficient (Wildman–Crippen LogP) is -0.284. The van der Waals surface area contributed by atoms with Crippen molar-refractivity contribution in [3.05, 3.63) is 0 Å². The van der Waals surface area contributed by atoms with Crippen LogP contribution < -0.4 is 10.6 Å². The summed E-state index contributed by atoms with van der Waals surface area (Å²) in [5.41, 5.74) is 0.102. The van der Waals surface area contributed by atoms with Crippen LogP contribution in [0.3, 0.4) is 0 Å². The average molecular weight is 106 g/mol. The van der Waals surface area contributed by atoms with Crippen molar-refractivity contribution in [1.29, 1.82) is 0 Å². The highest BCUT2D eigenvalue weighted by Gasteiger charge is 2.08. The molecule has 3 heteroatoms. The molecule has 35 valence electrons. The van der Waals surface area contributed by atoms with E-state index in [0.717, 1.165) is 13.2 Å². The SMILES string of the molecule is ClC1C[N]CN1. The molecule has 1 N–H and O–H groups in total. The molecule has 1 saturated heterocycles. The fourth-order valence-electron chi connectivity index (χ4n) is 0.406. The summed E-state index contributed by atoms with van der Waals surface area (Å²) >= 11 is 5.51. The van der Waals surface area contributed by atoms with Crippen LogP contribution >= 0.6 is 11.6 Å². The molecule has 0 amide bonds. The molecule has 0 bridgehead atoms. The molecule has 0 aromatic heterocycles. The molecule has 1 rings (SSSR count). The Morgan fingerprint density at radius 1 is 1.83 bits per heavy atom. The lowest BCUT2D eigenvalue weighted by Gasteiger charge is -1.89. The summed E-state index contributed by atoms with van der Waals surface area (Å²) < 4.78 is 0. The van der Waals surface area contributed by atoms with Gasteiger partial charge < -0.3 is 0 Å². The second-order valence-corrected chi connectivity index (χ2v) is 1.76. The normalized spacial score (nSPS) is 34.5. The van der Waals surface area contributed by atoms with E-state index in [4.69, 9.17) is 11.6 Å². The molecule has 1 unspecified atom stereocenters. The van der Waals surface area contributed by atoms with E-state index >= 15 is 0 Å². The van der Waals surface area contributed by atoms with Crippen molar-refractivity contribution in [2.24, 2.45) is 0 Å². The van der Waals surface area contributed by atoms with Gasteiger partial charge in [-0.15, -0.1) is 11.6 Å². The van der Waals surface area contributed by atoms with Crippen LogP contribution in [-0.2, 0) is 0 Å². The topological polar surface area (TPSA) is 26.1 Å². The molecular weight excluding hydrogens is 99.5 g/mol. The zero-order valence-corrected chi connectivity index (χ0v) is 4.07. The number of alkyl halides is 1. The number of nitrogens with zero attached hydrogens (tertiary/aromatic N) is 1. The van der Waals surface area contributed by atoms with E-state index in [1.165, 1.54) is 0 Å². The van der Waals surface area contributed by atoms with Crippen LogP contribution in [0.1, 0.15) is 0 Å². The standard InChI is InChI=1S/C3H6ClN2/c4-3-1-5-2-6-3/h3,6H,1-2H2. The van der Waals surface area contributed by atoms with Gasteiger partial charge in [-0.2, -0.15) is 0 Å². The van der Waals surface area contributed by atoms with Gasteiger partial charge >= 0.3 is 0 Å². The van der Waals surface area contributed by atoms with Gasteiger partial charge in [0.25, 0.3) is 0 Å². The van der Waals surface area contributed by atoms with E-state index in [9.17, 15) is 0 Å². The Morgan fingerprint density at radius 2 is 2.67 bits per heavy atom. The number of rotatable bonds is 0. The van der Waals surface area contributed by atoms with Crippen LogP contribution in [0.15, 0.2) is 0 Å². The van der Waals surface area contributed by atoms with Crippen LogP contribution in [0.2, 0.25) is 0 Å². The maximum absolute atomic E-state index is 5.51. The van der Waals surface area contributed by atoms with Crippen molar-refractivity contribution in [1.82, 2.24) is 10.6 Å². The van der Waals surface area contributed by atoms with Crippen molar-refractivity contribution in [3.8, 4) is 0 Å². The maximum atomic E-state index is 5.51. The van der Waals surface area contributed by atoms with Crippen LogP contribution in [0, 0.1) is 0 Å². The molecule has 1 atom stereocenters.